The van der Waals surface area contributed by atoms with E-state index in [1.165, 1.54) is 0 Å². The lowest BCUT2D eigenvalue weighted by atomic mass is 10.1. The molecule has 0 heterocycles. The van der Waals surface area contributed by atoms with Gasteiger partial charge in [0.2, 0.25) is 0 Å². The molecule has 0 rings (SSSR count). The maximum Gasteiger partial charge on any atom is 0.103 e. The zero-order chi connectivity index (χ0) is 8.20. The van der Waals surface area contributed by atoms with E-state index >= 15 is 0 Å². The summed E-state index contributed by atoms with van der Waals surface area (Å²) in [7, 11) is 0. The molecule has 3 heteroatoms. The smallest absolute Gasteiger partial charge is 0.103 e. The zero-order valence-electron chi connectivity index (χ0n) is 6.59. The molecular formula is C7H14O3. The molecule has 0 aliphatic carbocycles. The Kier molecular flexibility index (Phi) is 3.57. The maximum absolute atomic E-state index is 9.20. The molecular weight excluding hydrogens is 132 g/mol. The highest BCUT2D eigenvalue weighted by molar-refractivity contribution is 5.05. The summed E-state index contributed by atoms with van der Waals surface area (Å²) in [5.74, 6) is 0. The van der Waals surface area contributed by atoms with Crippen molar-refractivity contribution in [3.8, 4) is 0 Å². The molecule has 10 heavy (non-hydrogen) atoms. The Morgan fingerprint density at radius 2 is 2.10 bits per heavy atom. The largest absolute Gasteiger partial charge is 0.386 e. The Morgan fingerprint density at radius 3 is 2.40 bits per heavy atom. The van der Waals surface area contributed by atoms with Gasteiger partial charge in [0.25, 0.3) is 0 Å². The minimum atomic E-state index is -0.831. The van der Waals surface area contributed by atoms with Crippen LogP contribution in [0.15, 0.2) is 11.6 Å². The van der Waals surface area contributed by atoms with Gasteiger partial charge >= 0.3 is 0 Å². The average Bonchev–Trinajstić information content (AvgIpc) is 1.59. The Labute approximate surface area is 60.9 Å². The maximum atomic E-state index is 9.20. The topological polar surface area (TPSA) is 49.7 Å². The molecule has 0 saturated heterocycles. The lowest BCUT2D eigenvalue weighted by Gasteiger charge is -2.12. The standard InChI is InChI=1S/C7H14O3/c1-6(5-10-9)4-7(2,3)8/h4,8-9H,5H2,1-3H3/b6-4+. The van der Waals surface area contributed by atoms with E-state index in [0.29, 0.717) is 0 Å². The molecule has 0 aliphatic rings. The van der Waals surface area contributed by atoms with Crippen molar-refractivity contribution in [2.24, 2.45) is 0 Å². The lowest BCUT2D eigenvalue weighted by molar-refractivity contribution is -0.234. The fourth-order valence-electron chi connectivity index (χ4n) is 0.746. The molecule has 0 aromatic rings. The Morgan fingerprint density at radius 1 is 1.60 bits per heavy atom. The van der Waals surface area contributed by atoms with Gasteiger partial charge in [0.15, 0.2) is 0 Å². The van der Waals surface area contributed by atoms with Crippen LogP contribution in [0.4, 0.5) is 0 Å². The third kappa shape index (κ3) is 5.75. The van der Waals surface area contributed by atoms with Crippen LogP contribution in [0.1, 0.15) is 20.8 Å². The van der Waals surface area contributed by atoms with Crippen molar-refractivity contribution in [2.45, 2.75) is 26.4 Å². The van der Waals surface area contributed by atoms with Crippen LogP contribution in [0.25, 0.3) is 0 Å². The van der Waals surface area contributed by atoms with Crippen LogP contribution in [0.3, 0.4) is 0 Å². The number of rotatable bonds is 3. The van der Waals surface area contributed by atoms with E-state index in [2.05, 4.69) is 4.89 Å². The van der Waals surface area contributed by atoms with E-state index in [1.807, 2.05) is 0 Å². The predicted octanol–water partition coefficient (Wildman–Crippen LogP) is 1.19. The third-order valence-corrected chi connectivity index (χ3v) is 0.892. The molecule has 0 amide bonds. The fraction of sp³-hybridized carbons (Fsp3) is 0.714. The van der Waals surface area contributed by atoms with E-state index in [0.717, 1.165) is 5.57 Å². The monoisotopic (exact) mass is 146 g/mol. The first-order valence-electron chi connectivity index (χ1n) is 3.13. The molecule has 3 nitrogen and oxygen atoms in total. The van der Waals surface area contributed by atoms with Gasteiger partial charge in [-0.1, -0.05) is 6.08 Å². The molecule has 0 radical (unpaired) electrons. The first kappa shape index (κ1) is 9.62. The van der Waals surface area contributed by atoms with E-state index in [9.17, 15) is 5.11 Å². The summed E-state index contributed by atoms with van der Waals surface area (Å²) >= 11 is 0. The summed E-state index contributed by atoms with van der Waals surface area (Å²) in [4.78, 5) is 3.87. The van der Waals surface area contributed by atoms with Crippen LogP contribution in [0.5, 0.6) is 0 Å². The molecule has 0 bridgehead atoms. The van der Waals surface area contributed by atoms with Crippen LogP contribution >= 0.6 is 0 Å². The van der Waals surface area contributed by atoms with E-state index in [-0.39, 0.29) is 6.61 Å². The highest BCUT2D eigenvalue weighted by Crippen LogP contribution is 2.06. The van der Waals surface area contributed by atoms with Gasteiger partial charge in [-0.25, -0.2) is 4.89 Å². The second kappa shape index (κ2) is 3.71. The molecule has 2 N–H and O–H groups in total. The molecule has 0 spiro atoms. The predicted molar refractivity (Wildman–Crippen MR) is 38.6 cm³/mol. The summed E-state index contributed by atoms with van der Waals surface area (Å²) in [6, 6.07) is 0. The van der Waals surface area contributed by atoms with Crippen molar-refractivity contribution in [3.05, 3.63) is 11.6 Å². The Hall–Kier alpha value is -0.380. The van der Waals surface area contributed by atoms with Gasteiger partial charge in [-0.15, -0.1) is 0 Å². The van der Waals surface area contributed by atoms with Gasteiger partial charge in [-0.05, 0) is 26.3 Å². The van der Waals surface area contributed by atoms with E-state index < -0.39 is 5.60 Å². The SMILES string of the molecule is C/C(=C\C(C)(C)O)COO. The second-order valence-corrected chi connectivity index (χ2v) is 2.92. The highest BCUT2D eigenvalue weighted by atomic mass is 17.1. The number of aliphatic hydroxyl groups is 1. The summed E-state index contributed by atoms with van der Waals surface area (Å²) < 4.78 is 0. The van der Waals surface area contributed by atoms with Crippen molar-refractivity contribution in [1.82, 2.24) is 0 Å². The first-order valence-corrected chi connectivity index (χ1v) is 3.13. The molecule has 0 fully saturated rings. The van der Waals surface area contributed by atoms with Gasteiger partial charge in [-0.3, -0.25) is 5.26 Å². The van der Waals surface area contributed by atoms with Crippen molar-refractivity contribution in [1.29, 1.82) is 0 Å². The van der Waals surface area contributed by atoms with Crippen LogP contribution in [-0.4, -0.2) is 22.6 Å². The van der Waals surface area contributed by atoms with Crippen LogP contribution in [0, 0.1) is 0 Å². The third-order valence-electron chi connectivity index (χ3n) is 0.892. The van der Waals surface area contributed by atoms with Gasteiger partial charge in [0.05, 0.1) is 5.60 Å². The molecule has 0 unspecified atom stereocenters. The number of hydrogen-bond donors (Lipinski definition) is 2. The minimum Gasteiger partial charge on any atom is -0.386 e. The normalized spacial score (nSPS) is 13.9. The van der Waals surface area contributed by atoms with Crippen molar-refractivity contribution < 1.29 is 15.3 Å². The van der Waals surface area contributed by atoms with Crippen molar-refractivity contribution in [3.63, 3.8) is 0 Å². The summed E-state index contributed by atoms with van der Waals surface area (Å²) in [6.45, 7) is 5.24. The Balaban J connectivity index is 3.90. The van der Waals surface area contributed by atoms with Crippen LogP contribution < -0.4 is 0 Å². The fourth-order valence-corrected chi connectivity index (χ4v) is 0.746. The van der Waals surface area contributed by atoms with Gasteiger partial charge in [0.1, 0.15) is 6.61 Å². The summed E-state index contributed by atoms with van der Waals surface area (Å²) in [5.41, 5.74) is -0.0298. The van der Waals surface area contributed by atoms with Gasteiger partial charge in [0, 0.05) is 0 Å². The minimum absolute atomic E-state index is 0.143. The first-order chi connectivity index (χ1) is 4.45. The molecule has 0 saturated carbocycles. The quantitative estimate of drug-likeness (QED) is 0.357. The van der Waals surface area contributed by atoms with Gasteiger partial charge in [-0.2, -0.15) is 0 Å². The van der Waals surface area contributed by atoms with Crippen molar-refractivity contribution in [2.75, 3.05) is 6.61 Å². The summed E-state index contributed by atoms with van der Waals surface area (Å²) in [5, 5.41) is 17.2. The average molecular weight is 146 g/mol. The zero-order valence-corrected chi connectivity index (χ0v) is 6.59. The lowest BCUT2D eigenvalue weighted by Crippen LogP contribution is -2.15. The Bertz CT molecular complexity index is 121. The number of hydrogen-bond acceptors (Lipinski definition) is 3. The molecule has 0 aromatic heterocycles. The van der Waals surface area contributed by atoms with Crippen LogP contribution in [-0.2, 0) is 4.89 Å². The van der Waals surface area contributed by atoms with Crippen LogP contribution in [0.2, 0.25) is 0 Å². The van der Waals surface area contributed by atoms with E-state index in [1.54, 1.807) is 26.8 Å². The molecule has 0 aromatic carbocycles. The van der Waals surface area contributed by atoms with Gasteiger partial charge < -0.3 is 5.11 Å². The molecule has 0 atom stereocenters. The summed E-state index contributed by atoms with van der Waals surface area (Å²) in [6.07, 6.45) is 1.63. The molecule has 60 valence electrons. The van der Waals surface area contributed by atoms with Crippen molar-refractivity contribution >= 4 is 0 Å². The molecule has 0 aliphatic heterocycles. The highest BCUT2D eigenvalue weighted by Gasteiger charge is 2.07. The van der Waals surface area contributed by atoms with E-state index in [4.69, 9.17) is 5.26 Å². The second-order valence-electron chi connectivity index (χ2n) is 2.92.